The highest BCUT2D eigenvalue weighted by molar-refractivity contribution is 5.71. The Labute approximate surface area is 487 Å². The summed E-state index contributed by atoms with van der Waals surface area (Å²) in [6, 6.07) is 0. The van der Waals surface area contributed by atoms with Crippen LogP contribution in [0.5, 0.6) is 0 Å². The highest BCUT2D eigenvalue weighted by Gasteiger charge is 2.19. The highest BCUT2D eigenvalue weighted by Crippen LogP contribution is 2.14. The molecule has 1 unspecified atom stereocenters. The van der Waals surface area contributed by atoms with Crippen molar-refractivity contribution < 1.29 is 28.6 Å². The minimum absolute atomic E-state index is 0.110. The summed E-state index contributed by atoms with van der Waals surface area (Å²) < 4.78 is 16.9. The van der Waals surface area contributed by atoms with E-state index in [1.165, 1.54) is 89.9 Å². The molecule has 0 radical (unpaired) electrons. The van der Waals surface area contributed by atoms with Crippen LogP contribution in [0.25, 0.3) is 0 Å². The molecule has 0 saturated heterocycles. The van der Waals surface area contributed by atoms with Crippen molar-refractivity contribution in [2.24, 2.45) is 0 Å². The van der Waals surface area contributed by atoms with Gasteiger partial charge in [0.15, 0.2) is 6.10 Å². The van der Waals surface area contributed by atoms with Crippen LogP contribution in [0.3, 0.4) is 0 Å². The Bertz CT molecular complexity index is 1730. The summed E-state index contributed by atoms with van der Waals surface area (Å²) in [6.07, 6.45) is 94.1. The van der Waals surface area contributed by atoms with Gasteiger partial charge in [-0.1, -0.05) is 256 Å². The van der Waals surface area contributed by atoms with E-state index in [-0.39, 0.29) is 31.1 Å². The number of ether oxygens (including phenoxy) is 3. The zero-order valence-electron chi connectivity index (χ0n) is 51.1. The maximum Gasteiger partial charge on any atom is 0.306 e. The summed E-state index contributed by atoms with van der Waals surface area (Å²) >= 11 is 0. The van der Waals surface area contributed by atoms with Crippen molar-refractivity contribution in [1.82, 2.24) is 0 Å². The molecule has 0 fully saturated rings. The Morgan fingerprint density at radius 1 is 0.266 bits per heavy atom. The van der Waals surface area contributed by atoms with Crippen LogP contribution in [0, 0.1) is 0 Å². The van der Waals surface area contributed by atoms with E-state index < -0.39 is 6.10 Å². The van der Waals surface area contributed by atoms with Gasteiger partial charge in [0.05, 0.1) is 0 Å². The van der Waals surface area contributed by atoms with E-state index in [2.05, 4.69) is 167 Å². The fraction of sp³-hybridized carbons (Fsp3) is 0.630. The predicted molar refractivity (Wildman–Crippen MR) is 343 cm³/mol. The van der Waals surface area contributed by atoms with Crippen LogP contribution >= 0.6 is 0 Å². The molecule has 6 heteroatoms. The van der Waals surface area contributed by atoms with Gasteiger partial charge in [0.2, 0.25) is 0 Å². The van der Waals surface area contributed by atoms with Crippen LogP contribution in [0.4, 0.5) is 0 Å². The van der Waals surface area contributed by atoms with Crippen molar-refractivity contribution in [1.29, 1.82) is 0 Å². The van der Waals surface area contributed by atoms with Gasteiger partial charge in [0.1, 0.15) is 13.2 Å². The van der Waals surface area contributed by atoms with Crippen molar-refractivity contribution in [3.8, 4) is 0 Å². The number of allylic oxidation sites excluding steroid dienone is 24. The van der Waals surface area contributed by atoms with Gasteiger partial charge in [0, 0.05) is 19.3 Å². The fourth-order valence-electron chi connectivity index (χ4n) is 8.46. The fourth-order valence-corrected chi connectivity index (χ4v) is 8.46. The molecule has 0 saturated carbocycles. The molecule has 0 N–H and O–H groups in total. The first-order valence-electron chi connectivity index (χ1n) is 32.3. The Morgan fingerprint density at radius 3 is 0.823 bits per heavy atom. The number of carbonyl (C=O) groups is 3. The molecule has 446 valence electrons. The van der Waals surface area contributed by atoms with Gasteiger partial charge in [-0.05, 0) is 148 Å². The second kappa shape index (κ2) is 65.8. The molecule has 79 heavy (non-hydrogen) atoms. The van der Waals surface area contributed by atoms with Crippen LogP contribution in [0.15, 0.2) is 146 Å². The van der Waals surface area contributed by atoms with E-state index in [1.807, 2.05) is 0 Å². The molecule has 0 amide bonds. The lowest BCUT2D eigenvalue weighted by atomic mass is 10.1. The van der Waals surface area contributed by atoms with Gasteiger partial charge >= 0.3 is 17.9 Å². The molecule has 0 aliphatic heterocycles. The van der Waals surface area contributed by atoms with E-state index >= 15 is 0 Å². The summed E-state index contributed by atoms with van der Waals surface area (Å²) in [7, 11) is 0. The summed E-state index contributed by atoms with van der Waals surface area (Å²) in [6.45, 7) is 6.43. The Kier molecular flexibility index (Phi) is 61.9. The number of esters is 3. The maximum atomic E-state index is 12.9. The highest BCUT2D eigenvalue weighted by atomic mass is 16.6. The summed E-state index contributed by atoms with van der Waals surface area (Å²) in [5, 5.41) is 0. The minimum Gasteiger partial charge on any atom is -0.462 e. The quantitative estimate of drug-likeness (QED) is 0.0261. The van der Waals surface area contributed by atoms with Crippen LogP contribution in [0.2, 0.25) is 0 Å². The van der Waals surface area contributed by atoms with Crippen LogP contribution < -0.4 is 0 Å². The van der Waals surface area contributed by atoms with E-state index in [1.54, 1.807) is 0 Å². The largest absolute Gasteiger partial charge is 0.462 e. The zero-order valence-corrected chi connectivity index (χ0v) is 51.1. The Hall–Kier alpha value is -4.71. The number of unbranched alkanes of at least 4 members (excludes halogenated alkanes) is 22. The zero-order chi connectivity index (χ0) is 57.1. The van der Waals surface area contributed by atoms with Crippen molar-refractivity contribution in [3.05, 3.63) is 146 Å². The van der Waals surface area contributed by atoms with Gasteiger partial charge in [-0.2, -0.15) is 0 Å². The average Bonchev–Trinajstić information content (AvgIpc) is 3.45. The predicted octanol–water partition coefficient (Wildman–Crippen LogP) is 22.3. The van der Waals surface area contributed by atoms with Gasteiger partial charge in [-0.3, -0.25) is 14.4 Å². The second-order valence-corrected chi connectivity index (χ2v) is 20.9. The van der Waals surface area contributed by atoms with E-state index in [4.69, 9.17) is 14.2 Å². The summed E-state index contributed by atoms with van der Waals surface area (Å²) in [4.78, 5) is 38.4. The first-order chi connectivity index (χ1) is 39.0. The monoisotopic (exact) mass is 1090 g/mol. The SMILES string of the molecule is CC/C=C\C/C=C\C/C=C\C/C=C\C/C=C\C/C=C\CCCCC(=O)OCC(COC(=O)CCCCCCCC/C=C\C/C=C\C/C=C\CCCCC)OC(=O)CCCCCCCC/C=C\C/C=C\C/C=C\CCCCCCC. The molecule has 0 rings (SSSR count). The lowest BCUT2D eigenvalue weighted by Gasteiger charge is -2.18. The third-order valence-electron chi connectivity index (χ3n) is 13.3. The number of hydrogen-bond acceptors (Lipinski definition) is 6. The average molecular weight is 1090 g/mol. The minimum atomic E-state index is -0.818. The van der Waals surface area contributed by atoms with E-state index in [0.717, 1.165) is 141 Å². The van der Waals surface area contributed by atoms with Gasteiger partial charge in [0.25, 0.3) is 0 Å². The second-order valence-electron chi connectivity index (χ2n) is 20.9. The van der Waals surface area contributed by atoms with Crippen molar-refractivity contribution in [2.45, 2.75) is 284 Å². The summed E-state index contributed by atoms with van der Waals surface area (Å²) in [5.41, 5.74) is 0. The number of carbonyl (C=O) groups excluding carboxylic acids is 3. The smallest absolute Gasteiger partial charge is 0.306 e. The first-order valence-corrected chi connectivity index (χ1v) is 32.3. The molecular weight excluding hydrogens is 973 g/mol. The first kappa shape index (κ1) is 74.3. The van der Waals surface area contributed by atoms with Gasteiger partial charge < -0.3 is 14.2 Å². The number of hydrogen-bond donors (Lipinski definition) is 0. The maximum absolute atomic E-state index is 12.9. The van der Waals surface area contributed by atoms with Gasteiger partial charge in [-0.15, -0.1) is 0 Å². The van der Waals surface area contributed by atoms with Crippen molar-refractivity contribution in [2.75, 3.05) is 13.2 Å². The molecule has 0 spiro atoms. The molecule has 0 aromatic heterocycles. The summed E-state index contributed by atoms with van der Waals surface area (Å²) in [5.74, 6) is -0.979. The lowest BCUT2D eigenvalue weighted by molar-refractivity contribution is -0.167. The Morgan fingerprint density at radius 2 is 0.494 bits per heavy atom. The molecule has 0 aliphatic carbocycles. The molecule has 0 heterocycles. The third kappa shape index (κ3) is 64.0. The molecule has 6 nitrogen and oxygen atoms in total. The third-order valence-corrected chi connectivity index (χ3v) is 13.3. The van der Waals surface area contributed by atoms with E-state index in [9.17, 15) is 14.4 Å². The molecule has 0 aromatic rings. The molecular formula is C73H118O6. The van der Waals surface area contributed by atoms with Crippen LogP contribution in [0.1, 0.15) is 278 Å². The van der Waals surface area contributed by atoms with Crippen LogP contribution in [-0.2, 0) is 28.6 Å². The standard InChI is InChI=1S/C73H118O6/c1-4-7-10-13-16-19-22-25-28-31-34-36-39-42-45-48-51-54-57-60-63-66-72(75)78-69-70(68-77-71(74)65-62-59-56-53-50-47-44-41-38-33-30-27-24-21-18-15-12-9-6-3)79-73(76)67-64-61-58-55-52-49-46-43-40-37-35-32-29-26-23-20-17-14-11-8-5-2/h7,10,16,18-19,21,23,25-28,30,32,34-36,38,40-43,45,51,54,70H,4-6,8-9,11-15,17,20,22,24,29,31,33,37,39,44,46-50,52-53,55-69H2,1-3H3/b10-7-,19-16-,21-18-,26-23-,28-25-,30-27-,35-32-,36-34-,41-38-,43-40-,45-42-,54-51-. The van der Waals surface area contributed by atoms with Crippen molar-refractivity contribution in [3.63, 3.8) is 0 Å². The topological polar surface area (TPSA) is 78.9 Å². The van der Waals surface area contributed by atoms with E-state index in [0.29, 0.717) is 25.7 Å². The normalized spacial score (nSPS) is 13.1. The number of rotatable bonds is 57. The Balaban J connectivity index is 4.55. The van der Waals surface area contributed by atoms with Crippen LogP contribution in [-0.4, -0.2) is 37.2 Å². The van der Waals surface area contributed by atoms with Crippen molar-refractivity contribution >= 4 is 17.9 Å². The molecule has 0 bridgehead atoms. The van der Waals surface area contributed by atoms with Gasteiger partial charge in [-0.25, -0.2) is 0 Å². The lowest BCUT2D eigenvalue weighted by Crippen LogP contribution is -2.30. The molecule has 0 aromatic carbocycles. The molecule has 1 atom stereocenters. The molecule has 0 aliphatic rings.